The van der Waals surface area contributed by atoms with E-state index in [9.17, 15) is 27.6 Å². The molecule has 1 heterocycles. The van der Waals surface area contributed by atoms with Crippen LogP contribution in [0.3, 0.4) is 0 Å². The molecule has 168 valence electrons. The van der Waals surface area contributed by atoms with Crippen LogP contribution in [0.5, 0.6) is 0 Å². The number of hydrogen-bond donors (Lipinski definition) is 1. The number of carbonyl (C=O) groups is 3. The summed E-state index contributed by atoms with van der Waals surface area (Å²) in [6.45, 7) is 3.62. The number of carbonyl (C=O) groups excluding carboxylic acids is 3. The van der Waals surface area contributed by atoms with Gasteiger partial charge in [0, 0.05) is 12.0 Å². The van der Waals surface area contributed by atoms with Crippen LogP contribution < -0.4 is 5.32 Å². The molecular formula is C22H24F3NO5. The van der Waals surface area contributed by atoms with Crippen molar-refractivity contribution in [1.29, 1.82) is 0 Å². The molecule has 1 saturated carbocycles. The molecule has 1 fully saturated rings. The molecule has 0 bridgehead atoms. The number of amides is 1. The fourth-order valence-electron chi connectivity index (χ4n) is 3.87. The van der Waals surface area contributed by atoms with Gasteiger partial charge >= 0.3 is 24.0 Å². The number of alkyl halides is 3. The summed E-state index contributed by atoms with van der Waals surface area (Å²) in [4.78, 5) is 35.5. The number of cyclic esters (lactones) is 1. The molecule has 0 saturated heterocycles. The number of methoxy groups -OCH3 is 1. The van der Waals surface area contributed by atoms with Gasteiger partial charge in [-0.1, -0.05) is 11.6 Å². The third-order valence-corrected chi connectivity index (χ3v) is 5.67. The Morgan fingerprint density at radius 3 is 2.52 bits per heavy atom. The van der Waals surface area contributed by atoms with E-state index in [0.29, 0.717) is 17.5 Å². The lowest BCUT2D eigenvalue weighted by Crippen LogP contribution is -2.31. The first-order valence-electron chi connectivity index (χ1n) is 10.0. The molecule has 3 rings (SSSR count). The molecule has 0 spiro atoms. The molecule has 0 atom stereocenters. The van der Waals surface area contributed by atoms with Crippen molar-refractivity contribution in [3.63, 3.8) is 0 Å². The molecule has 1 N–H and O–H groups in total. The molecule has 0 radical (unpaired) electrons. The minimum Gasteiger partial charge on any atom is -0.469 e. The number of rotatable bonds is 7. The van der Waals surface area contributed by atoms with Crippen molar-refractivity contribution < 1.29 is 37.0 Å². The van der Waals surface area contributed by atoms with Gasteiger partial charge in [0.05, 0.1) is 18.4 Å². The van der Waals surface area contributed by atoms with Crippen molar-refractivity contribution >= 4 is 23.5 Å². The Labute approximate surface area is 177 Å². The number of nitrogens with one attached hydrogen (secondary N) is 1. The Balaban J connectivity index is 2.06. The first-order chi connectivity index (χ1) is 14.5. The number of fused-ring (bicyclic) bond motifs is 1. The van der Waals surface area contributed by atoms with Gasteiger partial charge in [-0.15, -0.1) is 0 Å². The summed E-state index contributed by atoms with van der Waals surface area (Å²) in [5.41, 5.74) is 3.43. The van der Waals surface area contributed by atoms with Crippen LogP contribution in [0.15, 0.2) is 11.6 Å². The van der Waals surface area contributed by atoms with E-state index in [1.165, 1.54) is 7.11 Å². The number of hydrogen-bond acceptors (Lipinski definition) is 5. The van der Waals surface area contributed by atoms with Gasteiger partial charge in [-0.25, -0.2) is 4.79 Å². The summed E-state index contributed by atoms with van der Waals surface area (Å²) < 4.78 is 48.7. The number of allylic oxidation sites excluding steroid dienone is 2. The van der Waals surface area contributed by atoms with Crippen LogP contribution in [0.1, 0.15) is 71.1 Å². The van der Waals surface area contributed by atoms with Crippen LogP contribution >= 0.6 is 0 Å². The van der Waals surface area contributed by atoms with Crippen LogP contribution in [-0.4, -0.2) is 31.1 Å². The van der Waals surface area contributed by atoms with Gasteiger partial charge in [0.25, 0.3) is 0 Å². The minimum atomic E-state index is -5.09. The van der Waals surface area contributed by atoms with Crippen molar-refractivity contribution in [2.45, 2.75) is 64.7 Å². The fraction of sp³-hybridized carbons (Fsp3) is 0.500. The third-order valence-electron chi connectivity index (χ3n) is 5.67. The van der Waals surface area contributed by atoms with Crippen molar-refractivity contribution in [1.82, 2.24) is 0 Å². The second-order valence-electron chi connectivity index (χ2n) is 7.88. The zero-order valence-electron chi connectivity index (χ0n) is 17.6. The average Bonchev–Trinajstić information content (AvgIpc) is 3.47. The first-order valence-corrected chi connectivity index (χ1v) is 10.0. The van der Waals surface area contributed by atoms with E-state index in [2.05, 4.69) is 4.74 Å². The average molecular weight is 439 g/mol. The number of benzene rings is 1. The highest BCUT2D eigenvalue weighted by atomic mass is 19.4. The van der Waals surface area contributed by atoms with Gasteiger partial charge in [0.15, 0.2) is 0 Å². The van der Waals surface area contributed by atoms with Gasteiger partial charge in [-0.05, 0) is 62.1 Å². The lowest BCUT2D eigenvalue weighted by molar-refractivity contribution is -0.167. The summed E-state index contributed by atoms with van der Waals surface area (Å²) in [5.74, 6) is -3.07. The number of halogens is 3. The Kier molecular flexibility index (Phi) is 6.43. The third kappa shape index (κ3) is 4.91. The molecule has 1 aliphatic carbocycles. The van der Waals surface area contributed by atoms with Gasteiger partial charge < -0.3 is 14.8 Å². The molecule has 6 nitrogen and oxygen atoms in total. The lowest BCUT2D eigenvalue weighted by atomic mass is 9.87. The van der Waals surface area contributed by atoms with Crippen LogP contribution in [0.25, 0.3) is 0 Å². The normalized spacial score (nSPS) is 16.1. The number of anilines is 1. The number of ether oxygens (including phenoxy) is 2. The molecule has 31 heavy (non-hydrogen) atoms. The second-order valence-corrected chi connectivity index (χ2v) is 7.88. The molecule has 2 aliphatic rings. The maximum atomic E-state index is 13.0. The molecular weight excluding hydrogens is 415 g/mol. The highest BCUT2D eigenvalue weighted by Gasteiger charge is 2.42. The molecule has 0 unspecified atom stereocenters. The predicted molar refractivity (Wildman–Crippen MR) is 106 cm³/mol. The molecule has 1 amide bonds. The topological polar surface area (TPSA) is 81.7 Å². The zero-order valence-corrected chi connectivity index (χ0v) is 17.6. The number of esters is 2. The van der Waals surface area contributed by atoms with Crippen LogP contribution in [0, 0.1) is 6.92 Å². The standard InChI is InChI=1S/C22H24F3NO5/c1-11(5-9-16(27)30-3)4-8-14-17(13-6-7-13)12(2)15-10-31-20(28)18(15)19(14)26-21(29)22(23,24)25/h4,13H,5-10H2,1-3H3,(H,26,29)/b11-4+. The molecule has 1 aromatic rings. The maximum absolute atomic E-state index is 13.0. The Morgan fingerprint density at radius 2 is 1.94 bits per heavy atom. The van der Waals surface area contributed by atoms with E-state index in [4.69, 9.17) is 4.74 Å². The minimum absolute atomic E-state index is 0.00452. The Hall–Kier alpha value is -2.84. The van der Waals surface area contributed by atoms with Crippen molar-refractivity contribution in [2.24, 2.45) is 0 Å². The van der Waals surface area contributed by atoms with Crippen LogP contribution in [0.2, 0.25) is 0 Å². The summed E-state index contributed by atoms with van der Waals surface area (Å²) in [5, 5.41) is 1.95. The molecule has 0 aromatic heterocycles. The van der Waals surface area contributed by atoms with Gasteiger partial charge in [0.1, 0.15) is 6.61 Å². The fourth-order valence-corrected chi connectivity index (χ4v) is 3.87. The smallest absolute Gasteiger partial charge is 0.469 e. The highest BCUT2D eigenvalue weighted by molar-refractivity contribution is 6.06. The van der Waals surface area contributed by atoms with E-state index < -0.39 is 18.1 Å². The highest BCUT2D eigenvalue weighted by Crippen LogP contribution is 2.49. The Bertz CT molecular complexity index is 961. The van der Waals surface area contributed by atoms with Crippen molar-refractivity contribution in [3.8, 4) is 0 Å². The summed E-state index contributed by atoms with van der Waals surface area (Å²) in [7, 11) is 1.30. The maximum Gasteiger partial charge on any atom is 0.471 e. The van der Waals surface area contributed by atoms with E-state index in [1.54, 1.807) is 6.08 Å². The zero-order chi connectivity index (χ0) is 22.9. The van der Waals surface area contributed by atoms with Crippen molar-refractivity contribution in [2.75, 3.05) is 12.4 Å². The molecule has 1 aliphatic heterocycles. The SMILES string of the molecule is COC(=O)CC/C(C)=C/Cc1c(NC(=O)C(F)(F)F)c2c(c(C)c1C1CC1)COC2=O. The quantitative estimate of drug-likeness (QED) is 0.500. The first kappa shape index (κ1) is 22.8. The summed E-state index contributed by atoms with van der Waals surface area (Å²) in [6.07, 6.45) is -0.682. The van der Waals surface area contributed by atoms with Gasteiger partial charge in [-0.3, -0.25) is 9.59 Å². The molecule has 1 aromatic carbocycles. The Morgan fingerprint density at radius 1 is 1.26 bits per heavy atom. The van der Waals surface area contributed by atoms with Crippen molar-refractivity contribution in [3.05, 3.63) is 39.5 Å². The molecule has 9 heteroatoms. The monoisotopic (exact) mass is 439 g/mol. The second kappa shape index (κ2) is 8.72. The van der Waals surface area contributed by atoms with Gasteiger partial charge in [0.2, 0.25) is 0 Å². The van der Waals surface area contributed by atoms with Gasteiger partial charge in [-0.2, -0.15) is 13.2 Å². The van der Waals surface area contributed by atoms with E-state index in [1.807, 2.05) is 19.2 Å². The predicted octanol–water partition coefficient (Wildman–Crippen LogP) is 4.49. The van der Waals surface area contributed by atoms with E-state index in [0.717, 1.165) is 29.5 Å². The largest absolute Gasteiger partial charge is 0.471 e. The van der Waals surface area contributed by atoms with E-state index in [-0.39, 0.29) is 42.6 Å². The summed E-state index contributed by atoms with van der Waals surface area (Å²) in [6, 6.07) is 0. The van der Waals surface area contributed by atoms with Crippen LogP contribution in [-0.2, 0) is 32.1 Å². The lowest BCUT2D eigenvalue weighted by Gasteiger charge is -2.21. The summed E-state index contributed by atoms with van der Waals surface area (Å²) >= 11 is 0. The van der Waals surface area contributed by atoms with E-state index >= 15 is 0 Å². The van der Waals surface area contributed by atoms with Crippen LogP contribution in [0.4, 0.5) is 18.9 Å².